The third kappa shape index (κ3) is 4.66. The molecule has 0 saturated carbocycles. The van der Waals surface area contributed by atoms with Crippen LogP contribution in [-0.4, -0.2) is 26.1 Å². The minimum atomic E-state index is -0.582. The fraction of sp³-hybridized carbons (Fsp3) is 0.133. The van der Waals surface area contributed by atoms with Gasteiger partial charge in [-0.2, -0.15) is 4.74 Å². The molecule has 0 bridgehead atoms. The number of aryl methyl sites for hydroxylation is 3. The number of benzene rings is 2. The van der Waals surface area contributed by atoms with Crippen molar-refractivity contribution in [3.63, 3.8) is 0 Å². The van der Waals surface area contributed by atoms with Crippen LogP contribution in [0.25, 0.3) is 33.3 Å². The number of hydrogen-bond acceptors (Lipinski definition) is 5. The molecule has 2 amide bonds. The zero-order chi connectivity index (χ0) is 27.8. The first-order valence-corrected chi connectivity index (χ1v) is 12.3. The molecule has 5 rings (SSSR count). The van der Waals surface area contributed by atoms with Crippen molar-refractivity contribution in [1.29, 1.82) is 0 Å². The summed E-state index contributed by atoms with van der Waals surface area (Å²) in [5.41, 5.74) is 10.6. The Morgan fingerprint density at radius 3 is 2.44 bits per heavy atom. The number of amides is 2. The number of pyridine rings is 1. The van der Waals surface area contributed by atoms with Crippen molar-refractivity contribution in [2.45, 2.75) is 20.4 Å². The van der Waals surface area contributed by atoms with Crippen LogP contribution in [0.2, 0.25) is 0 Å². The molecule has 0 aliphatic carbocycles. The standard InChI is InChI=1S/C30H27N5O4/c1-5-13-35-24(19-9-11-20(12-10-19)25-18(3)39-34(4)30(25)38)16-22-14-17(2)32-26(27(22)35)29(37)33-23-8-6-7-21(15-23)28(31)36/h5-12,14-16H,1,13H2,2-4H3,(H2,31,36)(H,33,37). The van der Waals surface area contributed by atoms with Gasteiger partial charge in [-0.1, -0.05) is 36.4 Å². The second-order valence-electron chi connectivity index (χ2n) is 9.28. The quantitative estimate of drug-likeness (QED) is 0.297. The molecule has 9 nitrogen and oxygen atoms in total. The zero-order valence-corrected chi connectivity index (χ0v) is 21.8. The molecule has 2 aromatic carbocycles. The van der Waals surface area contributed by atoms with Gasteiger partial charge in [0.05, 0.1) is 11.1 Å². The molecule has 3 heterocycles. The second-order valence-corrected chi connectivity index (χ2v) is 9.28. The Morgan fingerprint density at radius 2 is 1.79 bits per heavy atom. The minimum absolute atomic E-state index is 0.195. The van der Waals surface area contributed by atoms with Gasteiger partial charge in [-0.25, -0.2) is 4.98 Å². The zero-order valence-electron chi connectivity index (χ0n) is 21.8. The normalized spacial score (nSPS) is 11.1. The van der Waals surface area contributed by atoms with Crippen molar-refractivity contribution in [1.82, 2.24) is 14.3 Å². The molecule has 0 saturated heterocycles. The van der Waals surface area contributed by atoms with Crippen LogP contribution in [-0.2, 0) is 13.6 Å². The van der Waals surface area contributed by atoms with Crippen LogP contribution in [0.1, 0.15) is 32.3 Å². The average Bonchev–Trinajstić information content (AvgIpc) is 3.39. The van der Waals surface area contributed by atoms with Crippen LogP contribution in [0.3, 0.4) is 0 Å². The van der Waals surface area contributed by atoms with Crippen molar-refractivity contribution < 1.29 is 14.1 Å². The van der Waals surface area contributed by atoms with E-state index >= 15 is 0 Å². The lowest BCUT2D eigenvalue weighted by Gasteiger charge is -2.13. The van der Waals surface area contributed by atoms with Gasteiger partial charge < -0.3 is 20.1 Å². The maximum absolute atomic E-state index is 13.5. The SMILES string of the molecule is C=CCn1c(-c2ccc(-c3c(C)on(C)c3=O)cc2)cc2cc(C)nc(C(=O)Nc3cccc(C(N)=O)c3)c21. The van der Waals surface area contributed by atoms with Gasteiger partial charge >= 0.3 is 0 Å². The second kappa shape index (κ2) is 9.94. The number of rotatable bonds is 7. The van der Waals surface area contributed by atoms with Crippen molar-refractivity contribution in [2.24, 2.45) is 12.8 Å². The highest BCUT2D eigenvalue weighted by Crippen LogP contribution is 2.32. The maximum Gasteiger partial charge on any atom is 0.290 e. The predicted octanol–water partition coefficient (Wildman–Crippen LogP) is 4.82. The monoisotopic (exact) mass is 521 g/mol. The Balaban J connectivity index is 1.59. The summed E-state index contributed by atoms with van der Waals surface area (Å²) in [7, 11) is 1.58. The highest BCUT2D eigenvalue weighted by atomic mass is 16.5. The van der Waals surface area contributed by atoms with E-state index in [9.17, 15) is 14.4 Å². The van der Waals surface area contributed by atoms with E-state index in [1.807, 2.05) is 47.9 Å². The van der Waals surface area contributed by atoms with Crippen molar-refractivity contribution in [3.05, 3.63) is 106 Å². The predicted molar refractivity (Wildman–Crippen MR) is 151 cm³/mol. The first kappa shape index (κ1) is 25.5. The molecule has 196 valence electrons. The van der Waals surface area contributed by atoms with Crippen LogP contribution in [0.15, 0.2) is 82.6 Å². The fourth-order valence-electron chi connectivity index (χ4n) is 4.82. The number of anilines is 1. The summed E-state index contributed by atoms with van der Waals surface area (Å²) < 4.78 is 8.64. The molecular formula is C30H27N5O4. The lowest BCUT2D eigenvalue weighted by atomic mass is 10.0. The fourth-order valence-corrected chi connectivity index (χ4v) is 4.82. The molecule has 0 aliphatic rings. The van der Waals surface area contributed by atoms with Crippen LogP contribution in [0.5, 0.6) is 0 Å². The van der Waals surface area contributed by atoms with Crippen LogP contribution in [0.4, 0.5) is 5.69 Å². The summed E-state index contributed by atoms with van der Waals surface area (Å²) in [4.78, 5) is 42.1. The smallest absolute Gasteiger partial charge is 0.290 e. The molecule has 0 unspecified atom stereocenters. The maximum atomic E-state index is 13.5. The minimum Gasteiger partial charge on any atom is -0.381 e. The highest BCUT2D eigenvalue weighted by molar-refractivity contribution is 6.12. The number of carbonyl (C=O) groups excluding carboxylic acids is 2. The number of aromatic nitrogens is 3. The Morgan fingerprint density at radius 1 is 1.08 bits per heavy atom. The molecule has 5 aromatic rings. The van der Waals surface area contributed by atoms with E-state index < -0.39 is 11.8 Å². The summed E-state index contributed by atoms with van der Waals surface area (Å²) in [5.74, 6) is -0.447. The lowest BCUT2D eigenvalue weighted by molar-refractivity contribution is 0.0995. The highest BCUT2D eigenvalue weighted by Gasteiger charge is 2.21. The van der Waals surface area contributed by atoms with Gasteiger partial charge in [0.25, 0.3) is 11.5 Å². The number of carbonyl (C=O) groups is 2. The third-order valence-electron chi connectivity index (χ3n) is 6.53. The van der Waals surface area contributed by atoms with E-state index in [4.69, 9.17) is 10.3 Å². The molecule has 0 spiro atoms. The van der Waals surface area contributed by atoms with E-state index in [2.05, 4.69) is 16.9 Å². The van der Waals surface area contributed by atoms with Crippen molar-refractivity contribution in [2.75, 3.05) is 5.32 Å². The van der Waals surface area contributed by atoms with Gasteiger partial charge in [0.1, 0.15) is 5.76 Å². The average molecular weight is 522 g/mol. The molecular weight excluding hydrogens is 494 g/mol. The topological polar surface area (TPSA) is 125 Å². The van der Waals surface area contributed by atoms with E-state index in [1.54, 1.807) is 38.2 Å². The van der Waals surface area contributed by atoms with E-state index in [1.165, 1.54) is 10.8 Å². The van der Waals surface area contributed by atoms with Gasteiger partial charge in [-0.3, -0.25) is 14.4 Å². The number of hydrogen-bond donors (Lipinski definition) is 2. The summed E-state index contributed by atoms with van der Waals surface area (Å²) >= 11 is 0. The Hall–Kier alpha value is -5.18. The van der Waals surface area contributed by atoms with E-state index in [-0.39, 0.29) is 11.3 Å². The van der Waals surface area contributed by atoms with Crippen molar-refractivity contribution in [3.8, 4) is 22.4 Å². The third-order valence-corrected chi connectivity index (χ3v) is 6.53. The van der Waals surface area contributed by atoms with Gasteiger partial charge in [0.15, 0.2) is 5.69 Å². The number of nitrogens with one attached hydrogen (secondary N) is 1. The first-order valence-electron chi connectivity index (χ1n) is 12.3. The van der Waals surface area contributed by atoms with Gasteiger partial charge in [0, 0.05) is 41.6 Å². The van der Waals surface area contributed by atoms with Crippen LogP contribution < -0.4 is 16.6 Å². The largest absolute Gasteiger partial charge is 0.381 e. The van der Waals surface area contributed by atoms with Gasteiger partial charge in [0.2, 0.25) is 5.91 Å². The molecule has 0 fully saturated rings. The summed E-state index contributed by atoms with van der Waals surface area (Å²) in [6.45, 7) is 7.93. The Kier molecular flexibility index (Phi) is 6.49. The molecule has 0 aliphatic heterocycles. The molecule has 39 heavy (non-hydrogen) atoms. The molecule has 3 aromatic heterocycles. The number of fused-ring (bicyclic) bond motifs is 1. The number of nitrogens with zero attached hydrogens (tertiary/aromatic N) is 3. The molecule has 0 radical (unpaired) electrons. The Bertz CT molecular complexity index is 1820. The van der Waals surface area contributed by atoms with Gasteiger partial charge in [-0.15, -0.1) is 6.58 Å². The van der Waals surface area contributed by atoms with Crippen LogP contribution in [0, 0.1) is 13.8 Å². The molecule has 9 heteroatoms. The first-order chi connectivity index (χ1) is 18.7. The number of allylic oxidation sites excluding steroid dienone is 1. The molecule has 3 N–H and O–H groups in total. The van der Waals surface area contributed by atoms with E-state index in [0.29, 0.717) is 40.3 Å². The summed E-state index contributed by atoms with van der Waals surface area (Å²) in [6, 6.07) is 18.0. The number of primary amides is 1. The Labute approximate surface area is 224 Å². The summed E-state index contributed by atoms with van der Waals surface area (Å²) in [6.07, 6.45) is 1.76. The van der Waals surface area contributed by atoms with Crippen LogP contribution >= 0.6 is 0 Å². The number of nitrogens with two attached hydrogens (primary N) is 1. The lowest BCUT2D eigenvalue weighted by Crippen LogP contribution is -2.17. The van der Waals surface area contributed by atoms with Crippen molar-refractivity contribution >= 4 is 28.4 Å². The molecule has 0 atom stereocenters. The van der Waals surface area contributed by atoms with E-state index in [0.717, 1.165) is 22.2 Å². The summed E-state index contributed by atoms with van der Waals surface area (Å²) in [5, 5.41) is 3.69. The van der Waals surface area contributed by atoms with Gasteiger partial charge in [-0.05, 0) is 55.3 Å².